The first-order valence-electron chi connectivity index (χ1n) is 7.03. The zero-order chi connectivity index (χ0) is 15.6. The number of nitrogens with two attached hydrogens (primary N) is 1. The van der Waals surface area contributed by atoms with Gasteiger partial charge < -0.3 is 10.5 Å². The topological polar surface area (TPSA) is 72.6 Å². The second-order valence-corrected chi connectivity index (χ2v) is 8.09. The summed E-state index contributed by atoms with van der Waals surface area (Å²) in [4.78, 5) is 0.142. The van der Waals surface area contributed by atoms with Crippen LogP contribution in [-0.2, 0) is 10.0 Å². The van der Waals surface area contributed by atoms with Crippen molar-refractivity contribution in [2.75, 3.05) is 25.9 Å². The highest BCUT2D eigenvalue weighted by atomic mass is 79.9. The van der Waals surface area contributed by atoms with E-state index >= 15 is 0 Å². The first-order chi connectivity index (χ1) is 9.90. The fraction of sp³-hybridized carbons (Fsp3) is 0.571. The molecule has 1 atom stereocenters. The predicted octanol–water partition coefficient (Wildman–Crippen LogP) is 2.85. The molecule has 1 aromatic rings. The molecule has 0 amide bonds. The van der Waals surface area contributed by atoms with Crippen molar-refractivity contribution in [1.29, 1.82) is 0 Å². The quantitative estimate of drug-likeness (QED) is 0.801. The lowest BCUT2D eigenvalue weighted by Crippen LogP contribution is -2.29. The molecule has 1 fully saturated rings. The Labute approximate surface area is 134 Å². The fourth-order valence-corrected chi connectivity index (χ4v) is 4.74. The number of nitrogens with zero attached hydrogens (tertiary/aromatic N) is 1. The highest BCUT2D eigenvalue weighted by Gasteiger charge is 2.34. The SMILES string of the molecule is CCCC1CCN(S(=O)(=O)c2cc(N)c(Br)cc2OC)C1. The van der Waals surface area contributed by atoms with Crippen LogP contribution in [0.25, 0.3) is 0 Å². The number of benzene rings is 1. The van der Waals surface area contributed by atoms with Gasteiger partial charge in [0.1, 0.15) is 10.6 Å². The molecule has 1 heterocycles. The Balaban J connectivity index is 2.34. The van der Waals surface area contributed by atoms with Crippen molar-refractivity contribution in [2.24, 2.45) is 5.92 Å². The number of nitrogen functional groups attached to an aromatic ring is 1. The molecular formula is C14H21BrN2O3S. The second-order valence-electron chi connectivity index (χ2n) is 5.33. The van der Waals surface area contributed by atoms with Crippen LogP contribution in [-0.4, -0.2) is 32.9 Å². The fourth-order valence-electron chi connectivity index (χ4n) is 2.71. The summed E-state index contributed by atoms with van der Waals surface area (Å²) in [6.07, 6.45) is 3.06. The average Bonchev–Trinajstić information content (AvgIpc) is 2.91. The molecule has 0 spiro atoms. The van der Waals surface area contributed by atoms with Crippen LogP contribution in [0.15, 0.2) is 21.5 Å². The summed E-state index contributed by atoms with van der Waals surface area (Å²) in [7, 11) is -2.11. The van der Waals surface area contributed by atoms with Gasteiger partial charge in [0.05, 0.1) is 7.11 Å². The van der Waals surface area contributed by atoms with Crippen molar-refractivity contribution < 1.29 is 13.2 Å². The summed E-state index contributed by atoms with van der Waals surface area (Å²) < 4.78 is 33.0. The minimum Gasteiger partial charge on any atom is -0.495 e. The third-order valence-corrected chi connectivity index (χ3v) is 6.42. The van der Waals surface area contributed by atoms with Crippen LogP contribution in [0.1, 0.15) is 26.2 Å². The van der Waals surface area contributed by atoms with Crippen molar-refractivity contribution in [3.05, 3.63) is 16.6 Å². The third kappa shape index (κ3) is 3.35. The summed E-state index contributed by atoms with van der Waals surface area (Å²) in [6, 6.07) is 3.06. The number of hydrogen-bond donors (Lipinski definition) is 1. The Morgan fingerprint density at radius 2 is 2.19 bits per heavy atom. The molecule has 5 nitrogen and oxygen atoms in total. The number of rotatable bonds is 5. The van der Waals surface area contributed by atoms with Gasteiger partial charge in [0, 0.05) is 23.2 Å². The molecule has 1 aromatic carbocycles. The lowest BCUT2D eigenvalue weighted by atomic mass is 10.0. The molecule has 0 radical (unpaired) electrons. The maximum Gasteiger partial charge on any atom is 0.246 e. The van der Waals surface area contributed by atoms with Crippen LogP contribution < -0.4 is 10.5 Å². The van der Waals surface area contributed by atoms with E-state index in [1.165, 1.54) is 13.2 Å². The predicted molar refractivity (Wildman–Crippen MR) is 86.9 cm³/mol. The van der Waals surface area contributed by atoms with Crippen molar-refractivity contribution in [2.45, 2.75) is 31.1 Å². The highest BCUT2D eigenvalue weighted by molar-refractivity contribution is 9.10. The minimum absolute atomic E-state index is 0.142. The Morgan fingerprint density at radius 1 is 1.48 bits per heavy atom. The first kappa shape index (κ1) is 16.6. The second kappa shape index (κ2) is 6.54. The number of sulfonamides is 1. The van der Waals surface area contributed by atoms with Gasteiger partial charge in [0.15, 0.2) is 0 Å². The van der Waals surface area contributed by atoms with E-state index in [0.717, 1.165) is 19.3 Å². The minimum atomic E-state index is -3.56. The Bertz CT molecular complexity index is 619. The molecule has 1 aliphatic heterocycles. The molecule has 1 saturated heterocycles. The number of hydrogen-bond acceptors (Lipinski definition) is 4. The van der Waals surface area contributed by atoms with Crippen LogP contribution in [0.2, 0.25) is 0 Å². The molecule has 2 rings (SSSR count). The smallest absolute Gasteiger partial charge is 0.246 e. The van der Waals surface area contributed by atoms with Gasteiger partial charge in [-0.3, -0.25) is 0 Å². The summed E-state index contributed by atoms with van der Waals surface area (Å²) in [6.45, 7) is 3.26. The van der Waals surface area contributed by atoms with Gasteiger partial charge in [-0.05, 0) is 46.8 Å². The molecule has 0 aliphatic carbocycles. The molecule has 118 valence electrons. The Hall–Kier alpha value is -0.790. The largest absolute Gasteiger partial charge is 0.495 e. The van der Waals surface area contributed by atoms with E-state index in [4.69, 9.17) is 10.5 Å². The molecular weight excluding hydrogens is 356 g/mol. The summed E-state index contributed by atoms with van der Waals surface area (Å²) in [5.74, 6) is 0.763. The van der Waals surface area contributed by atoms with E-state index in [2.05, 4.69) is 22.9 Å². The monoisotopic (exact) mass is 376 g/mol. The van der Waals surface area contributed by atoms with E-state index in [0.29, 0.717) is 34.9 Å². The van der Waals surface area contributed by atoms with Gasteiger partial charge in [-0.2, -0.15) is 4.31 Å². The van der Waals surface area contributed by atoms with Crippen LogP contribution in [0.4, 0.5) is 5.69 Å². The van der Waals surface area contributed by atoms with E-state index in [1.54, 1.807) is 10.4 Å². The van der Waals surface area contributed by atoms with Gasteiger partial charge in [0.25, 0.3) is 0 Å². The highest BCUT2D eigenvalue weighted by Crippen LogP contribution is 2.36. The standard InChI is InChI=1S/C14H21BrN2O3S/c1-3-4-10-5-6-17(9-10)21(18,19)14-8-12(16)11(15)7-13(14)20-2/h7-8,10H,3-6,9,16H2,1-2H3. The number of ether oxygens (including phenoxy) is 1. The zero-order valence-corrected chi connectivity index (χ0v) is 14.7. The summed E-state index contributed by atoms with van der Waals surface area (Å²) >= 11 is 3.29. The van der Waals surface area contributed by atoms with Crippen LogP contribution in [0, 0.1) is 5.92 Å². The maximum atomic E-state index is 12.8. The lowest BCUT2D eigenvalue weighted by molar-refractivity contribution is 0.396. The third-order valence-electron chi connectivity index (χ3n) is 3.85. The van der Waals surface area contributed by atoms with Gasteiger partial charge in [-0.15, -0.1) is 0 Å². The average molecular weight is 377 g/mol. The molecule has 7 heteroatoms. The van der Waals surface area contributed by atoms with E-state index in [9.17, 15) is 8.42 Å². The van der Waals surface area contributed by atoms with Crippen LogP contribution in [0.5, 0.6) is 5.75 Å². The molecule has 2 N–H and O–H groups in total. The molecule has 1 unspecified atom stereocenters. The van der Waals surface area contributed by atoms with Gasteiger partial charge in [-0.1, -0.05) is 13.3 Å². The Kier molecular flexibility index (Phi) is 5.16. The van der Waals surface area contributed by atoms with Crippen molar-refractivity contribution in [3.63, 3.8) is 0 Å². The molecule has 0 aromatic heterocycles. The summed E-state index contributed by atoms with van der Waals surface area (Å²) in [5.41, 5.74) is 6.22. The molecule has 0 bridgehead atoms. The lowest BCUT2D eigenvalue weighted by Gasteiger charge is -2.19. The number of halogens is 1. The molecule has 21 heavy (non-hydrogen) atoms. The van der Waals surface area contributed by atoms with Gasteiger partial charge >= 0.3 is 0 Å². The zero-order valence-electron chi connectivity index (χ0n) is 12.3. The number of anilines is 1. The van der Waals surface area contributed by atoms with E-state index in [1.807, 2.05) is 0 Å². The Morgan fingerprint density at radius 3 is 2.81 bits per heavy atom. The van der Waals surface area contributed by atoms with E-state index in [-0.39, 0.29) is 4.90 Å². The number of methoxy groups -OCH3 is 1. The van der Waals surface area contributed by atoms with Crippen LogP contribution in [0.3, 0.4) is 0 Å². The van der Waals surface area contributed by atoms with E-state index < -0.39 is 10.0 Å². The van der Waals surface area contributed by atoms with Gasteiger partial charge in [-0.25, -0.2) is 8.42 Å². The molecule has 0 saturated carbocycles. The van der Waals surface area contributed by atoms with Crippen molar-refractivity contribution in [3.8, 4) is 5.75 Å². The van der Waals surface area contributed by atoms with Gasteiger partial charge in [0.2, 0.25) is 10.0 Å². The maximum absolute atomic E-state index is 12.8. The molecule has 1 aliphatic rings. The van der Waals surface area contributed by atoms with Crippen molar-refractivity contribution in [1.82, 2.24) is 4.31 Å². The van der Waals surface area contributed by atoms with Crippen molar-refractivity contribution >= 4 is 31.6 Å². The first-order valence-corrected chi connectivity index (χ1v) is 9.26. The summed E-state index contributed by atoms with van der Waals surface area (Å²) in [5, 5.41) is 0. The normalized spacial score (nSPS) is 19.9. The van der Waals surface area contributed by atoms with Crippen LogP contribution >= 0.6 is 15.9 Å².